The fourth-order valence-corrected chi connectivity index (χ4v) is 3.79. The molecule has 1 heterocycles. The van der Waals surface area contributed by atoms with Crippen LogP contribution in [0.15, 0.2) is 59.0 Å². The van der Waals surface area contributed by atoms with Gasteiger partial charge in [-0.1, -0.05) is 40.9 Å². The molecule has 0 saturated heterocycles. The average molecular weight is 507 g/mol. The number of amides is 1. The molecule has 4 aromatic rings. The maximum atomic E-state index is 12.4. The summed E-state index contributed by atoms with van der Waals surface area (Å²) >= 11 is 23.5. The van der Waals surface area contributed by atoms with Gasteiger partial charge >= 0.3 is 0 Å². The van der Waals surface area contributed by atoms with Crippen LogP contribution in [-0.4, -0.2) is 23.1 Å². The number of carbonyl (C=O) groups is 1. The molecule has 0 aliphatic rings. The lowest BCUT2D eigenvalue weighted by atomic mass is 10.2. The van der Waals surface area contributed by atoms with E-state index in [9.17, 15) is 4.79 Å². The van der Waals surface area contributed by atoms with Crippen LogP contribution < -0.4 is 15.4 Å². The number of fused-ring (bicyclic) bond motifs is 1. The molecule has 1 aromatic heterocycles. The first-order chi connectivity index (χ1) is 15.4. The summed E-state index contributed by atoms with van der Waals surface area (Å²) < 4.78 is 11.0. The fourth-order valence-electron chi connectivity index (χ4n) is 2.94. The van der Waals surface area contributed by atoms with Crippen molar-refractivity contribution in [3.63, 3.8) is 0 Å². The van der Waals surface area contributed by atoms with Crippen LogP contribution in [0.25, 0.3) is 22.6 Å². The zero-order valence-corrected chi connectivity index (χ0v) is 19.5. The average Bonchev–Trinajstić information content (AvgIpc) is 3.19. The molecule has 0 fully saturated rings. The van der Waals surface area contributed by atoms with Crippen LogP contribution in [0.1, 0.15) is 10.4 Å². The van der Waals surface area contributed by atoms with E-state index in [0.29, 0.717) is 39.0 Å². The van der Waals surface area contributed by atoms with Gasteiger partial charge in [0.1, 0.15) is 11.3 Å². The molecule has 4 rings (SSSR count). The van der Waals surface area contributed by atoms with Gasteiger partial charge in [0, 0.05) is 11.3 Å². The molecule has 0 atom stereocenters. The first-order valence-corrected chi connectivity index (χ1v) is 10.7. The molecular formula is C22H14Cl3N3O3S. The summed E-state index contributed by atoms with van der Waals surface area (Å²) in [6.07, 6.45) is 0. The minimum absolute atomic E-state index is 0.0936. The lowest BCUT2D eigenvalue weighted by Crippen LogP contribution is -2.34. The Kier molecular flexibility index (Phi) is 6.53. The molecule has 0 radical (unpaired) electrons. The molecule has 0 spiro atoms. The minimum Gasteiger partial charge on any atom is -0.495 e. The van der Waals surface area contributed by atoms with E-state index in [2.05, 4.69) is 15.6 Å². The third-order valence-corrected chi connectivity index (χ3v) is 5.79. The second-order valence-corrected chi connectivity index (χ2v) is 8.16. The summed E-state index contributed by atoms with van der Waals surface area (Å²) in [5, 5.41) is 6.51. The van der Waals surface area contributed by atoms with Crippen LogP contribution in [0.5, 0.6) is 5.75 Å². The number of aromatic nitrogens is 1. The number of rotatable bonds is 4. The number of ether oxygens (including phenoxy) is 1. The highest BCUT2D eigenvalue weighted by molar-refractivity contribution is 7.80. The number of methoxy groups -OCH3 is 1. The highest BCUT2D eigenvalue weighted by Gasteiger charge is 2.15. The molecular weight excluding hydrogens is 493 g/mol. The van der Waals surface area contributed by atoms with Crippen molar-refractivity contribution in [2.45, 2.75) is 0 Å². The molecule has 32 heavy (non-hydrogen) atoms. The van der Waals surface area contributed by atoms with Crippen LogP contribution in [0.2, 0.25) is 15.1 Å². The van der Waals surface area contributed by atoms with E-state index in [1.54, 1.807) is 61.7 Å². The Labute approximate surface area is 203 Å². The summed E-state index contributed by atoms with van der Waals surface area (Å²) in [4.78, 5) is 16.9. The second kappa shape index (κ2) is 9.34. The van der Waals surface area contributed by atoms with Gasteiger partial charge in [0.05, 0.1) is 27.7 Å². The highest BCUT2D eigenvalue weighted by Crippen LogP contribution is 2.32. The standard InChI is InChI=1S/C22H14Cl3N3O3S/c1-30-17-7-5-11(9-15(17)24)21-27-16-10-12(6-8-18(16)31-21)26-22(32)28-20(29)13-3-2-4-14(23)19(13)25/h2-10H,1H3,(H2,26,28,29,32). The van der Waals surface area contributed by atoms with Crippen molar-refractivity contribution in [2.24, 2.45) is 0 Å². The van der Waals surface area contributed by atoms with Gasteiger partial charge in [-0.25, -0.2) is 4.98 Å². The van der Waals surface area contributed by atoms with Crippen molar-refractivity contribution < 1.29 is 13.9 Å². The van der Waals surface area contributed by atoms with Crippen molar-refractivity contribution in [2.75, 3.05) is 12.4 Å². The molecule has 0 bridgehead atoms. The van der Waals surface area contributed by atoms with Crippen LogP contribution in [-0.2, 0) is 0 Å². The van der Waals surface area contributed by atoms with Crippen molar-refractivity contribution >= 4 is 74.8 Å². The van der Waals surface area contributed by atoms with Gasteiger partial charge in [-0.2, -0.15) is 0 Å². The van der Waals surface area contributed by atoms with E-state index in [-0.39, 0.29) is 20.7 Å². The van der Waals surface area contributed by atoms with Gasteiger partial charge in [-0.3, -0.25) is 10.1 Å². The molecule has 162 valence electrons. The Morgan fingerprint density at radius 2 is 1.88 bits per heavy atom. The molecule has 0 saturated carbocycles. The van der Waals surface area contributed by atoms with Crippen molar-refractivity contribution in [3.05, 3.63) is 75.2 Å². The normalized spacial score (nSPS) is 10.8. The molecule has 0 aliphatic carbocycles. The second-order valence-electron chi connectivity index (χ2n) is 6.56. The highest BCUT2D eigenvalue weighted by atomic mass is 35.5. The van der Waals surface area contributed by atoms with E-state index in [1.165, 1.54) is 0 Å². The van der Waals surface area contributed by atoms with Gasteiger partial charge in [-0.05, 0) is 60.7 Å². The number of anilines is 1. The summed E-state index contributed by atoms with van der Waals surface area (Å²) in [5.74, 6) is 0.497. The summed E-state index contributed by atoms with van der Waals surface area (Å²) in [6.45, 7) is 0. The Balaban J connectivity index is 1.50. The third-order valence-electron chi connectivity index (χ3n) is 4.47. The first-order valence-electron chi connectivity index (χ1n) is 9.16. The number of nitrogens with zero attached hydrogens (tertiary/aromatic N) is 1. The summed E-state index contributed by atoms with van der Waals surface area (Å²) in [6, 6.07) is 15.3. The summed E-state index contributed by atoms with van der Waals surface area (Å²) in [7, 11) is 1.55. The fraction of sp³-hybridized carbons (Fsp3) is 0.0455. The topological polar surface area (TPSA) is 76.4 Å². The van der Waals surface area contributed by atoms with Gasteiger partial charge in [-0.15, -0.1) is 0 Å². The Bertz CT molecular complexity index is 1360. The zero-order valence-electron chi connectivity index (χ0n) is 16.4. The van der Waals surface area contributed by atoms with E-state index >= 15 is 0 Å². The molecule has 6 nitrogen and oxygen atoms in total. The predicted octanol–water partition coefficient (Wildman–Crippen LogP) is 6.59. The SMILES string of the molecule is COc1ccc(-c2nc3cc(NC(=S)NC(=O)c4cccc(Cl)c4Cl)ccc3o2)cc1Cl. The molecule has 10 heteroatoms. The lowest BCUT2D eigenvalue weighted by molar-refractivity contribution is 0.0978. The minimum atomic E-state index is -0.476. The van der Waals surface area contributed by atoms with E-state index in [4.69, 9.17) is 56.2 Å². The van der Waals surface area contributed by atoms with Crippen LogP contribution in [0.4, 0.5) is 5.69 Å². The Morgan fingerprint density at radius 1 is 1.06 bits per heavy atom. The van der Waals surface area contributed by atoms with Crippen LogP contribution >= 0.6 is 47.0 Å². The van der Waals surface area contributed by atoms with Gasteiger partial charge < -0.3 is 14.5 Å². The van der Waals surface area contributed by atoms with Crippen molar-refractivity contribution in [1.29, 1.82) is 0 Å². The van der Waals surface area contributed by atoms with Gasteiger partial charge in [0.2, 0.25) is 5.89 Å². The monoisotopic (exact) mass is 505 g/mol. The molecule has 1 amide bonds. The van der Waals surface area contributed by atoms with E-state index < -0.39 is 5.91 Å². The van der Waals surface area contributed by atoms with E-state index in [1.807, 2.05) is 0 Å². The molecule has 3 aromatic carbocycles. The van der Waals surface area contributed by atoms with Crippen LogP contribution in [0.3, 0.4) is 0 Å². The summed E-state index contributed by atoms with van der Waals surface area (Å²) in [5.41, 5.74) is 2.73. The maximum Gasteiger partial charge on any atom is 0.258 e. The smallest absolute Gasteiger partial charge is 0.258 e. The molecule has 0 unspecified atom stereocenters. The predicted molar refractivity (Wildman–Crippen MR) is 131 cm³/mol. The Hall–Kier alpha value is -2.84. The van der Waals surface area contributed by atoms with Crippen LogP contribution in [0, 0.1) is 0 Å². The molecule has 0 aliphatic heterocycles. The maximum absolute atomic E-state index is 12.4. The van der Waals surface area contributed by atoms with Gasteiger partial charge in [0.15, 0.2) is 10.7 Å². The van der Waals surface area contributed by atoms with Crippen molar-refractivity contribution in [3.8, 4) is 17.2 Å². The van der Waals surface area contributed by atoms with Gasteiger partial charge in [0.25, 0.3) is 5.91 Å². The number of halogens is 3. The lowest BCUT2D eigenvalue weighted by Gasteiger charge is -2.10. The third kappa shape index (κ3) is 4.66. The zero-order chi connectivity index (χ0) is 22.8. The number of thiocarbonyl (C=S) groups is 1. The number of oxazole rings is 1. The quantitative estimate of drug-likeness (QED) is 0.304. The largest absolute Gasteiger partial charge is 0.495 e. The van der Waals surface area contributed by atoms with E-state index in [0.717, 1.165) is 0 Å². The Morgan fingerprint density at radius 3 is 2.62 bits per heavy atom. The number of benzene rings is 3. The first kappa shape index (κ1) is 22.4. The number of hydrogen-bond donors (Lipinski definition) is 2. The number of carbonyl (C=O) groups excluding carboxylic acids is 1. The molecule has 2 N–H and O–H groups in total. The number of hydrogen-bond acceptors (Lipinski definition) is 5. The number of nitrogens with one attached hydrogen (secondary N) is 2. The van der Waals surface area contributed by atoms with Crippen molar-refractivity contribution in [1.82, 2.24) is 10.3 Å².